The van der Waals surface area contributed by atoms with E-state index in [0.717, 1.165) is 0 Å². The fourth-order valence-corrected chi connectivity index (χ4v) is 42.5. The highest BCUT2D eigenvalue weighted by Crippen LogP contribution is 2.40. The van der Waals surface area contributed by atoms with Crippen molar-refractivity contribution in [3.05, 3.63) is 0 Å². The predicted octanol–water partition coefficient (Wildman–Crippen LogP) is 5.24. The van der Waals surface area contributed by atoms with Gasteiger partial charge < -0.3 is 0 Å². The van der Waals surface area contributed by atoms with Crippen LogP contribution in [0.2, 0.25) is 88.1 Å². The molecule has 0 bridgehead atoms. The molecule has 0 aliphatic rings. The van der Waals surface area contributed by atoms with Crippen LogP contribution in [0, 0.1) is 0 Å². The van der Waals surface area contributed by atoms with Gasteiger partial charge in [-0.05, 0) is 0 Å². The highest BCUT2D eigenvalue weighted by atomic mass is 28.5. The molecule has 0 aromatic rings. The second-order valence-corrected chi connectivity index (χ2v) is 39.0. The summed E-state index contributed by atoms with van der Waals surface area (Å²) in [6.45, 7) is 31.8. The van der Waals surface area contributed by atoms with Crippen LogP contribution in [0.5, 0.6) is 0 Å². The summed E-state index contributed by atoms with van der Waals surface area (Å²) in [6, 6.07) is 0. The predicted molar refractivity (Wildman–Crippen MR) is 109 cm³/mol. The second-order valence-electron chi connectivity index (χ2n) is 10.8. The Morgan fingerprint density at radius 3 is 0.684 bits per heavy atom. The van der Waals surface area contributed by atoms with E-state index in [1.54, 1.807) is 0 Å². The molecular formula is C14H40Si5. The minimum absolute atomic E-state index is 0.0694. The molecule has 116 valence electrons. The molecule has 0 saturated carbocycles. The smallest absolute Gasteiger partial charge is 0.0416 e. The average molecular weight is 349 g/mol. The maximum atomic E-state index is 2.65. The molecule has 0 spiro atoms. The Labute approximate surface area is 130 Å². The number of hydrogen-bond acceptors (Lipinski definition) is 0. The zero-order chi connectivity index (χ0) is 15.9. The molecule has 0 rings (SSSR count). The summed E-state index contributed by atoms with van der Waals surface area (Å²) in [5.74, 6) is 0. The van der Waals surface area contributed by atoms with Crippen molar-refractivity contribution in [2.45, 2.75) is 88.1 Å². The zero-order valence-electron chi connectivity index (χ0n) is 15.9. The SMILES string of the molecule is C[Si](C)(C)C([SiH2]C([Si](C)(C)C)[Si](C)(C)C)[Si](C)(C)C. The fraction of sp³-hybridized carbons (Fsp3) is 1.00. The minimum atomic E-state index is -0.975. The molecule has 0 unspecified atom stereocenters. The lowest BCUT2D eigenvalue weighted by Crippen LogP contribution is -2.55. The van der Waals surface area contributed by atoms with Gasteiger partial charge in [-0.3, -0.25) is 0 Å². The maximum absolute atomic E-state index is 2.65. The lowest BCUT2D eigenvalue weighted by atomic mass is 11.7. The van der Waals surface area contributed by atoms with Crippen molar-refractivity contribution in [3.8, 4) is 0 Å². The van der Waals surface area contributed by atoms with Crippen molar-refractivity contribution in [3.63, 3.8) is 0 Å². The van der Waals surface area contributed by atoms with Gasteiger partial charge in [0.05, 0.1) is 0 Å². The quantitative estimate of drug-likeness (QED) is 0.576. The minimum Gasteiger partial charge on any atom is -0.0698 e. The van der Waals surface area contributed by atoms with E-state index in [-0.39, 0.29) is 9.52 Å². The van der Waals surface area contributed by atoms with Crippen molar-refractivity contribution in [1.82, 2.24) is 0 Å². The fourth-order valence-electron chi connectivity index (χ4n) is 4.25. The molecule has 0 aliphatic heterocycles. The first-order chi connectivity index (χ1) is 7.97. The van der Waals surface area contributed by atoms with E-state index >= 15 is 0 Å². The van der Waals surface area contributed by atoms with Gasteiger partial charge in [-0.15, -0.1) is 0 Å². The summed E-state index contributed by atoms with van der Waals surface area (Å²) in [7, 11) is -3.83. The van der Waals surface area contributed by atoms with E-state index in [1.807, 2.05) is 0 Å². The Morgan fingerprint density at radius 1 is 0.421 bits per heavy atom. The van der Waals surface area contributed by atoms with Gasteiger partial charge in [0.25, 0.3) is 0 Å². The van der Waals surface area contributed by atoms with Crippen molar-refractivity contribution in [1.29, 1.82) is 0 Å². The number of rotatable bonds is 6. The normalized spacial score (nSPS) is 15.5. The van der Waals surface area contributed by atoms with Gasteiger partial charge in [0.15, 0.2) is 0 Å². The largest absolute Gasteiger partial charge is 0.0698 e. The maximum Gasteiger partial charge on any atom is 0.0416 e. The van der Waals surface area contributed by atoms with Gasteiger partial charge in [-0.1, -0.05) is 88.1 Å². The molecule has 19 heavy (non-hydrogen) atoms. The van der Waals surface area contributed by atoms with Crippen LogP contribution in [-0.4, -0.2) is 41.8 Å². The summed E-state index contributed by atoms with van der Waals surface area (Å²) in [5, 5.41) is 0. The monoisotopic (exact) mass is 348 g/mol. The number of hydrogen-bond donors (Lipinski definition) is 0. The molecular weight excluding hydrogens is 309 g/mol. The van der Waals surface area contributed by atoms with Crippen molar-refractivity contribution < 1.29 is 0 Å². The third-order valence-electron chi connectivity index (χ3n) is 4.65. The summed E-state index contributed by atoms with van der Waals surface area (Å²) in [4.78, 5) is 2.45. The van der Waals surface area contributed by atoms with Crippen LogP contribution in [0.25, 0.3) is 0 Å². The molecule has 0 fully saturated rings. The molecule has 5 heteroatoms. The first-order valence-corrected chi connectivity index (χ1v) is 23.9. The molecule has 0 atom stereocenters. The van der Waals surface area contributed by atoms with Gasteiger partial charge >= 0.3 is 0 Å². The van der Waals surface area contributed by atoms with Crippen LogP contribution in [0.4, 0.5) is 0 Å². The van der Waals surface area contributed by atoms with Gasteiger partial charge in [-0.2, -0.15) is 0 Å². The highest BCUT2D eigenvalue weighted by Gasteiger charge is 2.45. The van der Waals surface area contributed by atoms with E-state index in [9.17, 15) is 0 Å². The summed E-state index contributed by atoms with van der Waals surface area (Å²) >= 11 is 0. The Bertz CT molecular complexity index is 227. The lowest BCUT2D eigenvalue weighted by molar-refractivity contribution is 1.34. The van der Waals surface area contributed by atoms with Gasteiger partial charge in [-0.25, -0.2) is 0 Å². The van der Waals surface area contributed by atoms with E-state index in [4.69, 9.17) is 0 Å². The molecule has 0 aromatic carbocycles. The standard InChI is InChI=1S/C14H40Si5/c1-16(2,3)13(17(4,5)6)15-14(18(7,8)9)19(10,11)12/h13-14H,15H2,1-12H3. The van der Waals surface area contributed by atoms with Crippen molar-refractivity contribution in [2.24, 2.45) is 0 Å². The summed E-state index contributed by atoms with van der Waals surface area (Å²) in [6.07, 6.45) is 0. The Balaban J connectivity index is 5.43. The average Bonchev–Trinajstić information content (AvgIpc) is 1.91. The molecule has 0 radical (unpaired) electrons. The van der Waals surface area contributed by atoms with E-state index in [0.29, 0.717) is 0 Å². The first kappa shape index (κ1) is 20.1. The highest BCUT2D eigenvalue weighted by molar-refractivity contribution is 7.12. The van der Waals surface area contributed by atoms with Crippen LogP contribution in [0.3, 0.4) is 0 Å². The lowest BCUT2D eigenvalue weighted by Gasteiger charge is -2.46. The Morgan fingerprint density at radius 2 is 0.579 bits per heavy atom. The molecule has 0 amide bonds. The van der Waals surface area contributed by atoms with Crippen LogP contribution >= 0.6 is 0 Å². The Kier molecular flexibility index (Phi) is 6.41. The van der Waals surface area contributed by atoms with Crippen LogP contribution in [0.1, 0.15) is 0 Å². The molecule has 0 aromatic heterocycles. The summed E-state index contributed by atoms with van der Waals surface area (Å²) in [5.41, 5.74) is 0. The van der Waals surface area contributed by atoms with Gasteiger partial charge in [0.2, 0.25) is 0 Å². The van der Waals surface area contributed by atoms with Gasteiger partial charge in [0, 0.05) is 41.8 Å². The van der Waals surface area contributed by atoms with Crippen LogP contribution < -0.4 is 0 Å². The third kappa shape index (κ3) is 6.59. The molecule has 0 aliphatic carbocycles. The molecule has 0 N–H and O–H groups in total. The molecule has 0 saturated heterocycles. The second kappa shape index (κ2) is 6.06. The zero-order valence-corrected chi connectivity index (χ0v) is 21.3. The van der Waals surface area contributed by atoms with Crippen molar-refractivity contribution in [2.75, 3.05) is 0 Å². The van der Waals surface area contributed by atoms with Gasteiger partial charge in [0.1, 0.15) is 0 Å². The van der Waals surface area contributed by atoms with Crippen molar-refractivity contribution >= 4 is 41.8 Å². The molecule has 0 heterocycles. The summed E-state index contributed by atoms with van der Waals surface area (Å²) < 4.78 is 0. The molecule has 0 nitrogen and oxygen atoms in total. The Hall–Kier alpha value is 1.08. The van der Waals surface area contributed by atoms with E-state index in [2.05, 4.69) is 78.6 Å². The topological polar surface area (TPSA) is 0 Å². The van der Waals surface area contributed by atoms with Crippen LogP contribution in [0.15, 0.2) is 0 Å². The van der Waals surface area contributed by atoms with E-state index < -0.39 is 32.3 Å². The van der Waals surface area contributed by atoms with E-state index in [1.165, 1.54) is 9.58 Å². The third-order valence-corrected chi connectivity index (χ3v) is 41.9. The van der Waals surface area contributed by atoms with Crippen LogP contribution in [-0.2, 0) is 0 Å². The first-order valence-electron chi connectivity index (χ1n) is 7.97.